The number of likely N-dealkylation sites (tertiary alicyclic amines) is 1. The third-order valence-electron chi connectivity index (χ3n) is 5.37. The minimum atomic E-state index is -0.368. The van der Waals surface area contributed by atoms with Crippen molar-refractivity contribution in [3.8, 4) is 11.5 Å². The second kappa shape index (κ2) is 8.67. The fraction of sp³-hybridized carbons (Fsp3) is 0.348. The lowest BCUT2D eigenvalue weighted by atomic mass is 10.1. The van der Waals surface area contributed by atoms with Crippen molar-refractivity contribution in [2.24, 2.45) is 5.92 Å². The maximum Gasteiger partial charge on any atom is 0.255 e. The van der Waals surface area contributed by atoms with Gasteiger partial charge in [-0.15, -0.1) is 0 Å². The molecule has 162 valence electrons. The Morgan fingerprint density at radius 2 is 1.65 bits per heavy atom. The molecule has 8 nitrogen and oxygen atoms in total. The highest BCUT2D eigenvalue weighted by atomic mass is 16.6. The van der Waals surface area contributed by atoms with Gasteiger partial charge in [-0.25, -0.2) is 0 Å². The van der Waals surface area contributed by atoms with E-state index in [1.807, 2.05) is 13.8 Å². The van der Waals surface area contributed by atoms with Gasteiger partial charge in [0, 0.05) is 42.0 Å². The molecule has 0 saturated carbocycles. The molecule has 8 heteroatoms. The molecule has 4 rings (SSSR count). The Hall–Kier alpha value is -3.55. The normalized spacial score (nSPS) is 17.6. The van der Waals surface area contributed by atoms with Crippen LogP contribution in [0.4, 0.5) is 11.4 Å². The van der Waals surface area contributed by atoms with Crippen molar-refractivity contribution in [3.05, 3.63) is 48.0 Å². The van der Waals surface area contributed by atoms with E-state index >= 15 is 0 Å². The standard InChI is InChI=1S/C23H25N3O5/c1-14(2)26-13-16(11-21(26)27)23(29)24-17-5-3-15(4-6-17)22(28)25-18-7-8-19-20(12-18)31-10-9-30-19/h3-8,12,14,16H,9-11,13H2,1-2H3,(H,24,29)(H,25,28). The number of ether oxygens (including phenoxy) is 2. The zero-order valence-corrected chi connectivity index (χ0v) is 17.5. The van der Waals surface area contributed by atoms with Gasteiger partial charge in [0.1, 0.15) is 13.2 Å². The summed E-state index contributed by atoms with van der Waals surface area (Å²) in [5.74, 6) is 0.427. The quantitative estimate of drug-likeness (QED) is 0.771. The van der Waals surface area contributed by atoms with Crippen molar-refractivity contribution in [2.75, 3.05) is 30.4 Å². The third kappa shape index (κ3) is 4.63. The molecule has 2 aromatic rings. The van der Waals surface area contributed by atoms with Crippen molar-refractivity contribution >= 4 is 29.1 Å². The lowest BCUT2D eigenvalue weighted by Gasteiger charge is -2.20. The Balaban J connectivity index is 1.35. The van der Waals surface area contributed by atoms with Gasteiger partial charge < -0.3 is 25.0 Å². The van der Waals surface area contributed by atoms with Crippen LogP contribution in [0.5, 0.6) is 11.5 Å². The van der Waals surface area contributed by atoms with Crippen LogP contribution in [-0.2, 0) is 9.59 Å². The summed E-state index contributed by atoms with van der Waals surface area (Å²) in [6.45, 7) is 5.29. The monoisotopic (exact) mass is 423 g/mol. The predicted octanol–water partition coefficient (Wildman–Crippen LogP) is 2.91. The van der Waals surface area contributed by atoms with E-state index in [4.69, 9.17) is 9.47 Å². The third-order valence-corrected chi connectivity index (χ3v) is 5.37. The molecule has 1 saturated heterocycles. The molecule has 3 amide bonds. The van der Waals surface area contributed by atoms with Crippen LogP contribution in [0, 0.1) is 5.92 Å². The first-order valence-corrected chi connectivity index (χ1v) is 10.3. The van der Waals surface area contributed by atoms with Crippen LogP contribution in [0.2, 0.25) is 0 Å². The maximum atomic E-state index is 12.5. The number of anilines is 2. The van der Waals surface area contributed by atoms with Crippen molar-refractivity contribution in [2.45, 2.75) is 26.3 Å². The molecule has 2 aromatic carbocycles. The first kappa shape index (κ1) is 20.7. The SMILES string of the molecule is CC(C)N1CC(C(=O)Nc2ccc(C(=O)Nc3ccc4c(c3)OCCO4)cc2)CC1=O. The zero-order valence-electron chi connectivity index (χ0n) is 17.5. The molecule has 1 fully saturated rings. The first-order chi connectivity index (χ1) is 14.9. The number of amides is 3. The molecule has 2 aliphatic rings. The summed E-state index contributed by atoms with van der Waals surface area (Å²) >= 11 is 0. The number of rotatable bonds is 5. The van der Waals surface area contributed by atoms with Crippen LogP contribution in [-0.4, -0.2) is 48.4 Å². The highest BCUT2D eigenvalue weighted by Gasteiger charge is 2.35. The molecule has 0 bridgehead atoms. The topological polar surface area (TPSA) is 97.0 Å². The highest BCUT2D eigenvalue weighted by molar-refractivity contribution is 6.05. The predicted molar refractivity (Wildman–Crippen MR) is 115 cm³/mol. The van der Waals surface area contributed by atoms with Crippen LogP contribution >= 0.6 is 0 Å². The summed E-state index contributed by atoms with van der Waals surface area (Å²) in [6.07, 6.45) is 0.222. The molecule has 2 heterocycles. The number of fused-ring (bicyclic) bond motifs is 1. The van der Waals surface area contributed by atoms with Crippen LogP contribution in [0.15, 0.2) is 42.5 Å². The van der Waals surface area contributed by atoms with Gasteiger partial charge in [-0.05, 0) is 50.2 Å². The zero-order chi connectivity index (χ0) is 22.0. The Labute approximate surface area is 180 Å². The molecular formula is C23H25N3O5. The van der Waals surface area contributed by atoms with Crippen molar-refractivity contribution in [3.63, 3.8) is 0 Å². The van der Waals surface area contributed by atoms with E-state index in [0.717, 1.165) is 0 Å². The van der Waals surface area contributed by atoms with Crippen molar-refractivity contribution in [1.29, 1.82) is 0 Å². The summed E-state index contributed by atoms with van der Waals surface area (Å²) < 4.78 is 11.0. The summed E-state index contributed by atoms with van der Waals surface area (Å²) in [5, 5.41) is 5.66. The Morgan fingerprint density at radius 3 is 2.32 bits per heavy atom. The molecule has 2 aliphatic heterocycles. The molecule has 2 N–H and O–H groups in total. The lowest BCUT2D eigenvalue weighted by Crippen LogP contribution is -2.33. The molecule has 1 atom stereocenters. The van der Waals surface area contributed by atoms with Gasteiger partial charge in [0.15, 0.2) is 11.5 Å². The summed E-state index contributed by atoms with van der Waals surface area (Å²) in [4.78, 5) is 38.8. The fourth-order valence-electron chi connectivity index (χ4n) is 3.68. The smallest absolute Gasteiger partial charge is 0.255 e. The van der Waals surface area contributed by atoms with E-state index < -0.39 is 0 Å². The minimum absolute atomic E-state index is 0.00121. The van der Waals surface area contributed by atoms with Gasteiger partial charge in [0.2, 0.25) is 11.8 Å². The fourth-order valence-corrected chi connectivity index (χ4v) is 3.68. The van der Waals surface area contributed by atoms with E-state index in [0.29, 0.717) is 48.2 Å². The summed E-state index contributed by atoms with van der Waals surface area (Å²) in [5.41, 5.74) is 1.64. The van der Waals surface area contributed by atoms with Gasteiger partial charge in [-0.1, -0.05) is 0 Å². The highest BCUT2D eigenvalue weighted by Crippen LogP contribution is 2.32. The number of carbonyl (C=O) groups is 3. The van der Waals surface area contributed by atoms with Crippen LogP contribution < -0.4 is 20.1 Å². The van der Waals surface area contributed by atoms with E-state index in [1.165, 1.54) is 0 Å². The van der Waals surface area contributed by atoms with E-state index in [-0.39, 0.29) is 36.1 Å². The van der Waals surface area contributed by atoms with E-state index in [2.05, 4.69) is 10.6 Å². The second-order valence-corrected chi connectivity index (χ2v) is 7.92. The number of carbonyl (C=O) groups excluding carboxylic acids is 3. The first-order valence-electron chi connectivity index (χ1n) is 10.3. The molecule has 0 aromatic heterocycles. The Morgan fingerprint density at radius 1 is 0.968 bits per heavy atom. The number of nitrogens with zero attached hydrogens (tertiary/aromatic N) is 1. The molecule has 1 unspecified atom stereocenters. The number of hydrogen-bond donors (Lipinski definition) is 2. The van der Waals surface area contributed by atoms with Gasteiger partial charge in [-0.2, -0.15) is 0 Å². The Bertz CT molecular complexity index is 1000. The average molecular weight is 423 g/mol. The van der Waals surface area contributed by atoms with Gasteiger partial charge in [0.05, 0.1) is 5.92 Å². The van der Waals surface area contributed by atoms with Crippen molar-refractivity contribution in [1.82, 2.24) is 4.90 Å². The summed E-state index contributed by atoms with van der Waals surface area (Å²) in [7, 11) is 0. The number of nitrogens with one attached hydrogen (secondary N) is 2. The van der Waals surface area contributed by atoms with E-state index in [1.54, 1.807) is 47.4 Å². The number of benzene rings is 2. The van der Waals surface area contributed by atoms with Gasteiger partial charge >= 0.3 is 0 Å². The lowest BCUT2D eigenvalue weighted by molar-refractivity contribution is -0.129. The molecular weight excluding hydrogens is 398 g/mol. The Kier molecular flexibility index (Phi) is 5.79. The molecule has 0 spiro atoms. The molecule has 0 radical (unpaired) electrons. The number of hydrogen-bond acceptors (Lipinski definition) is 5. The van der Waals surface area contributed by atoms with Crippen LogP contribution in [0.1, 0.15) is 30.6 Å². The van der Waals surface area contributed by atoms with Crippen LogP contribution in [0.25, 0.3) is 0 Å². The largest absolute Gasteiger partial charge is 0.486 e. The average Bonchev–Trinajstić information content (AvgIpc) is 3.16. The summed E-state index contributed by atoms with van der Waals surface area (Å²) in [6, 6.07) is 12.0. The molecule has 31 heavy (non-hydrogen) atoms. The van der Waals surface area contributed by atoms with Crippen molar-refractivity contribution < 1.29 is 23.9 Å². The molecule has 0 aliphatic carbocycles. The maximum absolute atomic E-state index is 12.5. The van der Waals surface area contributed by atoms with Gasteiger partial charge in [-0.3, -0.25) is 14.4 Å². The minimum Gasteiger partial charge on any atom is -0.486 e. The van der Waals surface area contributed by atoms with E-state index in [9.17, 15) is 14.4 Å². The van der Waals surface area contributed by atoms with Crippen LogP contribution in [0.3, 0.4) is 0 Å². The van der Waals surface area contributed by atoms with Gasteiger partial charge in [0.25, 0.3) is 5.91 Å². The second-order valence-electron chi connectivity index (χ2n) is 7.92.